The van der Waals surface area contributed by atoms with Crippen LogP contribution in [-0.2, 0) is 0 Å². The first-order valence-corrected chi connectivity index (χ1v) is 8.97. The lowest BCUT2D eigenvalue weighted by Gasteiger charge is -2.18. The monoisotopic (exact) mass is 354 g/mol. The largest absolute Gasteiger partial charge is 0.350 e. The number of carbonyl (C=O) groups excluding carboxylic acids is 1. The summed E-state index contributed by atoms with van der Waals surface area (Å²) in [5, 5.41) is 3.94. The molecule has 6 heteroatoms. The van der Waals surface area contributed by atoms with E-state index < -0.39 is 0 Å². The quantitative estimate of drug-likeness (QED) is 0.735. The summed E-state index contributed by atoms with van der Waals surface area (Å²) >= 11 is 1.64. The molecule has 5 nitrogen and oxygen atoms in total. The second-order valence-electron chi connectivity index (χ2n) is 6.22. The van der Waals surface area contributed by atoms with Crippen molar-refractivity contribution in [2.24, 2.45) is 0 Å². The van der Waals surface area contributed by atoms with Crippen LogP contribution >= 0.6 is 11.3 Å². The Kier molecular flexibility index (Phi) is 5.31. The van der Waals surface area contributed by atoms with Crippen LogP contribution in [0.5, 0.6) is 0 Å². The maximum atomic E-state index is 12.3. The average molecular weight is 354 g/mol. The first kappa shape index (κ1) is 17.4. The number of likely N-dealkylation sites (N-methyl/N-ethyl adjacent to an activating group) is 2. The van der Waals surface area contributed by atoms with Crippen LogP contribution in [-0.4, -0.2) is 50.0 Å². The molecule has 0 atom stereocenters. The van der Waals surface area contributed by atoms with Crippen LogP contribution in [0.3, 0.4) is 0 Å². The number of thiazole rings is 1. The number of hydrogen-bond acceptors (Lipinski definition) is 5. The van der Waals surface area contributed by atoms with E-state index in [1.807, 2.05) is 36.4 Å². The minimum atomic E-state index is -0.104. The fraction of sp³-hybridized carbons (Fsp3) is 0.263. The van der Waals surface area contributed by atoms with Crippen molar-refractivity contribution in [1.29, 1.82) is 0 Å². The molecule has 0 aliphatic heterocycles. The molecule has 0 aliphatic carbocycles. The van der Waals surface area contributed by atoms with Crippen LogP contribution < -0.4 is 10.2 Å². The number of nitrogens with one attached hydrogen (secondary N) is 1. The third-order valence-electron chi connectivity index (χ3n) is 3.88. The van der Waals surface area contributed by atoms with Gasteiger partial charge in [0.05, 0.1) is 10.2 Å². The van der Waals surface area contributed by atoms with Crippen molar-refractivity contribution in [3.05, 3.63) is 54.1 Å². The Balaban J connectivity index is 1.75. The molecule has 2 aromatic carbocycles. The van der Waals surface area contributed by atoms with E-state index in [2.05, 4.69) is 41.2 Å². The minimum absolute atomic E-state index is 0.104. The van der Waals surface area contributed by atoms with E-state index in [-0.39, 0.29) is 5.91 Å². The minimum Gasteiger partial charge on any atom is -0.350 e. The van der Waals surface area contributed by atoms with Crippen LogP contribution in [0.4, 0.5) is 10.8 Å². The number of benzene rings is 2. The Hall–Kier alpha value is -2.44. The third kappa shape index (κ3) is 4.35. The van der Waals surface area contributed by atoms with Gasteiger partial charge in [-0.25, -0.2) is 4.98 Å². The molecule has 0 fully saturated rings. The summed E-state index contributed by atoms with van der Waals surface area (Å²) < 4.78 is 1.07. The van der Waals surface area contributed by atoms with Gasteiger partial charge in [-0.2, -0.15) is 0 Å². The zero-order chi connectivity index (χ0) is 17.8. The SMILES string of the molecule is CN(C)CCN(C)c1nc2ccc(NC(=O)c3ccccc3)cc2s1. The summed E-state index contributed by atoms with van der Waals surface area (Å²) in [5.41, 5.74) is 2.39. The highest BCUT2D eigenvalue weighted by Crippen LogP contribution is 2.30. The highest BCUT2D eigenvalue weighted by Gasteiger charge is 2.11. The van der Waals surface area contributed by atoms with Gasteiger partial charge in [-0.05, 0) is 44.4 Å². The number of rotatable bonds is 6. The topological polar surface area (TPSA) is 48.5 Å². The van der Waals surface area contributed by atoms with E-state index in [4.69, 9.17) is 0 Å². The highest BCUT2D eigenvalue weighted by atomic mass is 32.1. The lowest BCUT2D eigenvalue weighted by atomic mass is 10.2. The van der Waals surface area contributed by atoms with Gasteiger partial charge >= 0.3 is 0 Å². The molecular weight excluding hydrogens is 332 g/mol. The van der Waals surface area contributed by atoms with Crippen LogP contribution in [0, 0.1) is 0 Å². The van der Waals surface area contributed by atoms with Gasteiger partial charge in [0, 0.05) is 31.4 Å². The van der Waals surface area contributed by atoms with E-state index >= 15 is 0 Å². The first-order valence-electron chi connectivity index (χ1n) is 8.16. The fourth-order valence-corrected chi connectivity index (χ4v) is 3.38. The zero-order valence-corrected chi connectivity index (χ0v) is 15.5. The van der Waals surface area contributed by atoms with Crippen molar-refractivity contribution in [2.45, 2.75) is 0 Å². The van der Waals surface area contributed by atoms with Gasteiger partial charge in [0.15, 0.2) is 5.13 Å². The number of amides is 1. The predicted molar refractivity (Wildman–Crippen MR) is 106 cm³/mol. The van der Waals surface area contributed by atoms with E-state index in [1.165, 1.54) is 0 Å². The Morgan fingerprint density at radius 2 is 1.84 bits per heavy atom. The van der Waals surface area contributed by atoms with Crippen LogP contribution in [0.15, 0.2) is 48.5 Å². The van der Waals surface area contributed by atoms with Crippen LogP contribution in [0.2, 0.25) is 0 Å². The number of aromatic nitrogens is 1. The maximum absolute atomic E-state index is 12.3. The Bertz CT molecular complexity index is 860. The molecule has 130 valence electrons. The molecule has 0 aliphatic rings. The molecular formula is C19H22N4OS. The molecule has 3 aromatic rings. The maximum Gasteiger partial charge on any atom is 0.255 e. The summed E-state index contributed by atoms with van der Waals surface area (Å²) in [7, 11) is 6.18. The van der Waals surface area contributed by atoms with E-state index in [0.29, 0.717) is 5.56 Å². The summed E-state index contributed by atoms with van der Waals surface area (Å²) in [4.78, 5) is 21.3. The van der Waals surface area contributed by atoms with Crippen molar-refractivity contribution in [2.75, 3.05) is 44.4 Å². The number of fused-ring (bicyclic) bond motifs is 1. The first-order chi connectivity index (χ1) is 12.0. The number of nitrogens with zero attached hydrogens (tertiary/aromatic N) is 3. The molecule has 0 spiro atoms. The normalized spacial score (nSPS) is 11.0. The fourth-order valence-electron chi connectivity index (χ4n) is 2.39. The number of hydrogen-bond donors (Lipinski definition) is 1. The molecule has 25 heavy (non-hydrogen) atoms. The molecule has 1 aromatic heterocycles. The van der Waals surface area contributed by atoms with Crippen LogP contribution in [0.25, 0.3) is 10.2 Å². The number of carbonyl (C=O) groups is 1. The molecule has 0 radical (unpaired) electrons. The zero-order valence-electron chi connectivity index (χ0n) is 14.7. The molecule has 0 saturated heterocycles. The molecule has 1 heterocycles. The number of anilines is 2. The predicted octanol–water partition coefficient (Wildman–Crippen LogP) is 3.55. The Morgan fingerprint density at radius 3 is 2.56 bits per heavy atom. The molecule has 1 amide bonds. The summed E-state index contributed by atoms with van der Waals surface area (Å²) in [6.45, 7) is 1.90. The average Bonchev–Trinajstić information content (AvgIpc) is 3.03. The molecule has 3 rings (SSSR count). The third-order valence-corrected chi connectivity index (χ3v) is 5.01. The van der Waals surface area contributed by atoms with Crippen molar-refractivity contribution in [3.8, 4) is 0 Å². The van der Waals surface area contributed by atoms with Crippen molar-refractivity contribution < 1.29 is 4.79 Å². The van der Waals surface area contributed by atoms with Gasteiger partial charge in [0.2, 0.25) is 0 Å². The van der Waals surface area contributed by atoms with E-state index in [0.717, 1.165) is 34.1 Å². The van der Waals surface area contributed by atoms with Crippen molar-refractivity contribution in [3.63, 3.8) is 0 Å². The van der Waals surface area contributed by atoms with Crippen molar-refractivity contribution in [1.82, 2.24) is 9.88 Å². The molecule has 1 N–H and O–H groups in total. The summed E-state index contributed by atoms with van der Waals surface area (Å²) in [5.74, 6) is -0.104. The van der Waals surface area contributed by atoms with Gasteiger partial charge in [0.25, 0.3) is 5.91 Å². The second-order valence-corrected chi connectivity index (χ2v) is 7.23. The van der Waals surface area contributed by atoms with Gasteiger partial charge in [-0.3, -0.25) is 4.79 Å². The highest BCUT2D eigenvalue weighted by molar-refractivity contribution is 7.22. The standard InChI is InChI=1S/C19H22N4OS/c1-22(2)11-12-23(3)19-21-16-10-9-15(13-17(16)25-19)20-18(24)14-7-5-4-6-8-14/h4-10,13H,11-12H2,1-3H3,(H,20,24). The van der Waals surface area contributed by atoms with Gasteiger partial charge < -0.3 is 15.1 Å². The van der Waals surface area contributed by atoms with Gasteiger partial charge in [-0.1, -0.05) is 29.5 Å². The molecule has 0 bridgehead atoms. The van der Waals surface area contributed by atoms with Crippen molar-refractivity contribution >= 4 is 38.3 Å². The summed E-state index contributed by atoms with van der Waals surface area (Å²) in [6.07, 6.45) is 0. The van der Waals surface area contributed by atoms with Gasteiger partial charge in [-0.15, -0.1) is 0 Å². The molecule has 0 unspecified atom stereocenters. The lowest BCUT2D eigenvalue weighted by molar-refractivity contribution is 0.102. The van der Waals surface area contributed by atoms with E-state index in [1.54, 1.807) is 23.5 Å². The second kappa shape index (κ2) is 7.63. The lowest BCUT2D eigenvalue weighted by Crippen LogP contribution is -2.28. The Morgan fingerprint density at radius 1 is 1.08 bits per heavy atom. The van der Waals surface area contributed by atoms with Gasteiger partial charge in [0.1, 0.15) is 0 Å². The summed E-state index contributed by atoms with van der Waals surface area (Å²) in [6, 6.07) is 15.1. The Labute approximate surface area is 151 Å². The van der Waals surface area contributed by atoms with E-state index in [9.17, 15) is 4.79 Å². The molecule has 0 saturated carbocycles. The van der Waals surface area contributed by atoms with Crippen LogP contribution in [0.1, 0.15) is 10.4 Å². The smallest absolute Gasteiger partial charge is 0.255 e.